The minimum absolute atomic E-state index is 0.0283. The fraction of sp³-hybridized carbons (Fsp3) is 0.630. The first kappa shape index (κ1) is 84.0. The van der Waals surface area contributed by atoms with Crippen molar-refractivity contribution in [2.45, 2.75) is 226 Å². The summed E-state index contributed by atoms with van der Waals surface area (Å²) >= 11 is 2.81. The normalized spacial score (nSPS) is 30.4. The number of epoxide rings is 2. The Kier molecular flexibility index (Phi) is 29.5. The lowest BCUT2D eigenvalue weighted by atomic mass is 9.73. The molecule has 15 atom stereocenters. The number of aliphatic hydroxyl groups excluding tert-OH is 4. The average molecular weight is 1500 g/mol. The van der Waals surface area contributed by atoms with Crippen molar-refractivity contribution in [3.05, 3.63) is 103 Å². The number of aliphatic hydroxyl groups is 4. The highest BCUT2D eigenvalue weighted by atomic mass is 32.1. The van der Waals surface area contributed by atoms with Crippen molar-refractivity contribution < 1.29 is 91.9 Å². The third-order valence-corrected chi connectivity index (χ3v) is 24.9. The first-order valence-corrected chi connectivity index (χ1v) is 40.5. The Morgan fingerprint density at radius 2 is 1.10 bits per heavy atom. The summed E-state index contributed by atoms with van der Waals surface area (Å²) < 4.78 is 52.0. The second-order valence-corrected chi connectivity index (χ2v) is 35.5. The van der Waals surface area contributed by atoms with Gasteiger partial charge in [0.15, 0.2) is 0 Å². The summed E-state index contributed by atoms with van der Waals surface area (Å²) in [5, 5.41) is 53.7. The molecule has 566 valence electrons. The molecule has 1 amide bonds. The van der Waals surface area contributed by atoms with Crippen LogP contribution in [0.15, 0.2) is 70.4 Å². The second-order valence-electron chi connectivity index (χ2n) is 29.7. The monoisotopic (exact) mass is 1500 g/mol. The fourth-order valence-electron chi connectivity index (χ4n) is 13.6. The summed E-state index contributed by atoms with van der Waals surface area (Å²) in [7, 11) is -7.64. The van der Waals surface area contributed by atoms with Gasteiger partial charge in [-0.1, -0.05) is 117 Å². The Labute approximate surface area is 607 Å². The summed E-state index contributed by atoms with van der Waals surface area (Å²) in [5.74, 6) is -3.38. The van der Waals surface area contributed by atoms with Crippen LogP contribution in [0, 0.1) is 34.5 Å². The molecular weight excluding hydrogens is 1390 g/mol. The van der Waals surface area contributed by atoms with E-state index in [2.05, 4.69) is 27.3 Å². The predicted molar refractivity (Wildman–Crippen MR) is 391 cm³/mol. The van der Waals surface area contributed by atoms with Gasteiger partial charge in [-0.15, -0.1) is 22.7 Å². The fourth-order valence-corrected chi connectivity index (χ4v) is 16.3. The Morgan fingerprint density at radius 1 is 0.667 bits per heavy atom. The Bertz CT molecular complexity index is 3660. The van der Waals surface area contributed by atoms with Gasteiger partial charge in [-0.2, -0.15) is 0 Å². The number of nitrogens with zero attached hydrogens (tertiary/aromatic N) is 2. The SMILES string of the molecule is C/C(=C\c1csc(CN)n1)[C@@H]1CC2O[C@]2(C)CCC[C@H](C)[C@H](O)[C@@H](C)C(=O)C(C)(C)[C@@H](O)CC(=O)O1.C/C(=C\c1csc(CNP(=O)(O)CCN)n1)[C@@H]1CC2O[C@]2(C)CCC[C@H](C)[C@H](O)[C@@H](C)C(=O)C(C)(C)[C@@H](O)CC(=O)O1.O=C(NCCP(=O)(O)O)OCC1c2ccccc2-c2ccccc21. The number of hydrogen-bond acceptors (Lipinski definition) is 22. The van der Waals surface area contributed by atoms with Crippen LogP contribution in [0.1, 0.15) is 186 Å². The number of alkyl carbamates (subject to hydrolysis) is 1. The minimum atomic E-state index is -4.12. The molecule has 9 rings (SSSR count). The zero-order chi connectivity index (χ0) is 75.5. The van der Waals surface area contributed by atoms with Gasteiger partial charge in [0.05, 0.1) is 102 Å². The molecule has 29 heteroatoms. The highest BCUT2D eigenvalue weighted by molar-refractivity contribution is 7.55. The second kappa shape index (κ2) is 35.9. The largest absolute Gasteiger partial charge is 0.458 e. The number of nitrogens with two attached hydrogens (primary N) is 2. The van der Waals surface area contributed by atoms with Gasteiger partial charge in [0.1, 0.15) is 40.4 Å². The smallest absolute Gasteiger partial charge is 0.407 e. The average Bonchev–Trinajstić information content (AvgIpc) is 1.62. The van der Waals surface area contributed by atoms with Crippen molar-refractivity contribution in [2.75, 3.05) is 32.0 Å². The highest BCUT2D eigenvalue weighted by Gasteiger charge is 2.55. The first-order chi connectivity index (χ1) is 47.7. The van der Waals surface area contributed by atoms with Gasteiger partial charge in [0.2, 0.25) is 0 Å². The molecule has 6 heterocycles. The van der Waals surface area contributed by atoms with E-state index in [1.165, 1.54) is 22.7 Å². The molecule has 4 fully saturated rings. The van der Waals surface area contributed by atoms with E-state index in [9.17, 15) is 58.4 Å². The highest BCUT2D eigenvalue weighted by Crippen LogP contribution is 2.48. The van der Waals surface area contributed by atoms with Crippen molar-refractivity contribution in [1.29, 1.82) is 0 Å². The predicted octanol–water partition coefficient (Wildman–Crippen LogP) is 9.73. The number of carbonyl (C=O) groups is 5. The maximum atomic E-state index is 13.3. The van der Waals surface area contributed by atoms with Crippen LogP contribution in [-0.2, 0) is 65.1 Å². The maximum Gasteiger partial charge on any atom is 0.407 e. The molecule has 4 aliphatic heterocycles. The Hall–Kier alpha value is -5.29. The van der Waals surface area contributed by atoms with Crippen molar-refractivity contribution in [1.82, 2.24) is 20.4 Å². The zero-order valence-electron chi connectivity index (χ0n) is 60.7. The molecule has 2 aromatic carbocycles. The quantitative estimate of drug-likeness (QED) is 0.0228. The van der Waals surface area contributed by atoms with E-state index in [-0.39, 0.29) is 98.0 Å². The van der Waals surface area contributed by atoms with Crippen LogP contribution >= 0.6 is 37.8 Å². The van der Waals surface area contributed by atoms with Gasteiger partial charge in [-0.05, 0) is 111 Å². The molecular formula is C73H108N6O19P2S2. The van der Waals surface area contributed by atoms with Crippen molar-refractivity contribution in [3.63, 3.8) is 0 Å². The minimum Gasteiger partial charge on any atom is -0.458 e. The molecule has 13 N–H and O–H groups in total. The number of ether oxygens (including phenoxy) is 5. The zero-order valence-corrected chi connectivity index (χ0v) is 64.2. The van der Waals surface area contributed by atoms with Crippen LogP contribution in [0.4, 0.5) is 4.79 Å². The molecule has 2 aromatic heterocycles. The molecule has 0 bridgehead atoms. The number of hydrogen-bond donors (Lipinski definition) is 11. The Balaban J connectivity index is 0.000000222. The van der Waals surface area contributed by atoms with Gasteiger partial charge in [0.25, 0.3) is 7.52 Å². The first-order valence-electron chi connectivity index (χ1n) is 35.1. The molecule has 0 radical (unpaired) electrons. The van der Waals surface area contributed by atoms with Crippen LogP contribution < -0.4 is 21.9 Å². The standard InChI is InChI=1S/C29H48N3O8PS.C27H42N2O6S.C17H18NO5P/c1-17-8-7-9-29(6)23(40-29)13-21(39-25(34)14-22(33)28(4,5)27(36)19(3)26(17)35)18(2)12-20-16-42-24(32-20)15-31-41(37,38)11-10-30;1-15-8-7-9-27(6)21(35-27)11-19(16(2)10-18-14-36-22(13-28)29-18)34-23(31)12-20(30)26(4,5)25(33)17(3)24(15)32;19-17(18-9-10-24(20,21)22)23-11-16-14-7-3-1-5-12(14)13-6-2-4-8-15(13)16/h12,16-17,19,21-23,26,33,35H,7-11,13-15,30H2,1-6H3,(H2,31,37,38);10,14-15,17,19-21,24,30,32H,7-9,11-13,28H2,1-6H3;1-8,16H,9-11H2,(H,18,19)(H2,20,21,22)/b18-12+;16-10+;/t17-,19+,21-,22-,23?,26-,29+;15-,17+,19-,20-,21?,24-,27+;/m00./s1. The molecule has 4 saturated heterocycles. The number of benzene rings is 2. The summed E-state index contributed by atoms with van der Waals surface area (Å²) in [5.41, 5.74) is 15.4. The van der Waals surface area contributed by atoms with E-state index < -0.39 is 98.6 Å². The number of ketones is 2. The molecule has 102 heavy (non-hydrogen) atoms. The Morgan fingerprint density at radius 3 is 1.52 bits per heavy atom. The van der Waals surface area contributed by atoms with Gasteiger partial charge >= 0.3 is 25.6 Å². The molecule has 1 aliphatic carbocycles. The van der Waals surface area contributed by atoms with Crippen molar-refractivity contribution in [2.24, 2.45) is 46.0 Å². The molecule has 4 aromatic rings. The molecule has 5 aliphatic rings. The maximum absolute atomic E-state index is 13.3. The van der Waals surface area contributed by atoms with Crippen LogP contribution in [0.3, 0.4) is 0 Å². The molecule has 25 nitrogen and oxygen atoms in total. The summed E-state index contributed by atoms with van der Waals surface area (Å²) in [4.78, 5) is 101. The van der Waals surface area contributed by atoms with Crippen molar-refractivity contribution >= 4 is 79.5 Å². The number of amides is 1. The summed E-state index contributed by atoms with van der Waals surface area (Å²) in [6, 6.07) is 16.0. The van der Waals surface area contributed by atoms with Crippen LogP contribution in [-0.4, -0.2) is 167 Å². The van der Waals surface area contributed by atoms with E-state index in [0.717, 1.165) is 82.6 Å². The van der Waals surface area contributed by atoms with E-state index in [1.807, 2.05) is 106 Å². The number of Topliss-reactive ketones (excluding diaryl/α,β-unsaturated/α-hetero) is 2. The van der Waals surface area contributed by atoms with Gasteiger partial charge < -0.3 is 75.6 Å². The van der Waals surface area contributed by atoms with Crippen molar-refractivity contribution in [3.8, 4) is 11.1 Å². The van der Waals surface area contributed by atoms with Gasteiger partial charge in [0, 0.05) is 61.0 Å². The van der Waals surface area contributed by atoms with Gasteiger partial charge in [-0.3, -0.25) is 28.3 Å². The number of nitrogens with one attached hydrogen (secondary N) is 2. The molecule has 0 spiro atoms. The summed E-state index contributed by atoms with van der Waals surface area (Å²) in [6.45, 7) is 22.1. The lowest BCUT2D eigenvalue weighted by Crippen LogP contribution is -2.45. The van der Waals surface area contributed by atoms with Crippen LogP contribution in [0.2, 0.25) is 0 Å². The lowest BCUT2D eigenvalue weighted by molar-refractivity contribution is -0.156. The number of aromatic nitrogens is 2. The van der Waals surface area contributed by atoms with Crippen LogP contribution in [0.5, 0.6) is 0 Å². The number of cyclic esters (lactones) is 2. The molecule has 0 saturated carbocycles. The third-order valence-electron chi connectivity index (χ3n) is 20.8. The number of thiazole rings is 2. The lowest BCUT2D eigenvalue weighted by Gasteiger charge is -2.34. The number of carbonyl (C=O) groups excluding carboxylic acids is 5. The third kappa shape index (κ3) is 22.9. The number of esters is 2. The van der Waals surface area contributed by atoms with Gasteiger partial charge in [-0.25, -0.2) is 19.8 Å². The molecule has 3 unspecified atom stereocenters. The summed E-state index contributed by atoms with van der Waals surface area (Å²) in [6.07, 6.45) is 1.92. The van der Waals surface area contributed by atoms with Crippen LogP contribution in [0.25, 0.3) is 23.3 Å². The van der Waals surface area contributed by atoms with E-state index in [4.69, 9.17) is 44.9 Å². The number of fused-ring (bicyclic) bond motifs is 5. The van der Waals surface area contributed by atoms with E-state index in [0.29, 0.717) is 30.1 Å². The topological polar surface area (TPSA) is 416 Å². The van der Waals surface area contributed by atoms with E-state index in [1.54, 1.807) is 41.5 Å². The van der Waals surface area contributed by atoms with E-state index >= 15 is 0 Å². The number of rotatable bonds is 15.